The first-order valence-corrected chi connectivity index (χ1v) is 6.99. The minimum Gasteiger partial charge on any atom is -0.462 e. The Morgan fingerprint density at radius 1 is 1.38 bits per heavy atom. The number of carbonyl (C=O) groups is 2. The fourth-order valence-corrected chi connectivity index (χ4v) is 2.28. The van der Waals surface area contributed by atoms with Gasteiger partial charge in [-0.05, 0) is 25.5 Å². The van der Waals surface area contributed by atoms with E-state index in [2.05, 4.69) is 10.6 Å². The highest BCUT2D eigenvalue weighted by Crippen LogP contribution is 2.18. The highest BCUT2D eigenvalue weighted by molar-refractivity contribution is 6.02. The third-order valence-corrected chi connectivity index (χ3v) is 3.42. The average molecular weight is 292 g/mol. The van der Waals surface area contributed by atoms with E-state index in [-0.39, 0.29) is 18.1 Å². The molecule has 2 atom stereocenters. The number of anilines is 1. The van der Waals surface area contributed by atoms with Gasteiger partial charge in [-0.3, -0.25) is 4.79 Å². The summed E-state index contributed by atoms with van der Waals surface area (Å²) in [5, 5.41) is 5.88. The van der Waals surface area contributed by atoms with Crippen molar-refractivity contribution in [3.8, 4) is 0 Å². The summed E-state index contributed by atoms with van der Waals surface area (Å²) in [5.74, 6) is -0.617. The molecule has 1 aliphatic rings. The van der Waals surface area contributed by atoms with Crippen LogP contribution in [0.15, 0.2) is 24.3 Å². The van der Waals surface area contributed by atoms with Crippen LogP contribution in [0, 0.1) is 0 Å². The van der Waals surface area contributed by atoms with Gasteiger partial charge in [0.15, 0.2) is 0 Å². The number of ether oxygens (including phenoxy) is 2. The van der Waals surface area contributed by atoms with Crippen LogP contribution in [0.2, 0.25) is 0 Å². The number of carbonyl (C=O) groups excluding carboxylic acids is 2. The van der Waals surface area contributed by atoms with Gasteiger partial charge in [-0.2, -0.15) is 0 Å². The molecule has 0 bridgehead atoms. The van der Waals surface area contributed by atoms with Crippen molar-refractivity contribution in [2.45, 2.75) is 25.5 Å². The van der Waals surface area contributed by atoms with Crippen LogP contribution in [0.4, 0.5) is 5.69 Å². The lowest BCUT2D eigenvalue weighted by Gasteiger charge is -2.14. The van der Waals surface area contributed by atoms with Crippen molar-refractivity contribution < 1.29 is 19.1 Å². The van der Waals surface area contributed by atoms with Gasteiger partial charge in [0.1, 0.15) is 0 Å². The lowest BCUT2D eigenvalue weighted by atomic mass is 10.1. The van der Waals surface area contributed by atoms with E-state index >= 15 is 0 Å². The molecule has 114 valence electrons. The van der Waals surface area contributed by atoms with E-state index in [1.165, 1.54) is 0 Å². The van der Waals surface area contributed by atoms with Gasteiger partial charge in [0.25, 0.3) is 0 Å². The van der Waals surface area contributed by atoms with Crippen molar-refractivity contribution in [2.75, 3.05) is 25.6 Å². The van der Waals surface area contributed by atoms with E-state index in [0.29, 0.717) is 30.8 Å². The molecule has 6 nitrogen and oxygen atoms in total. The summed E-state index contributed by atoms with van der Waals surface area (Å²) in [5.41, 5.74) is 0.817. The standard InChI is InChI=1S/C15H20N2O4/c1-3-21-15(19)11-6-4-5-7-12(11)17-14(18)13-8-10(20-2)9-16-13/h4-7,10,13,16H,3,8-9H2,1-2H3,(H,17,18). The first kappa shape index (κ1) is 15.5. The number of methoxy groups -OCH3 is 1. The third kappa shape index (κ3) is 3.80. The van der Waals surface area contributed by atoms with E-state index in [9.17, 15) is 9.59 Å². The van der Waals surface area contributed by atoms with Crippen LogP contribution in [-0.4, -0.2) is 44.3 Å². The van der Waals surface area contributed by atoms with Crippen molar-refractivity contribution >= 4 is 17.6 Å². The molecule has 1 aliphatic heterocycles. The van der Waals surface area contributed by atoms with Crippen LogP contribution in [0.25, 0.3) is 0 Å². The Labute approximate surface area is 123 Å². The van der Waals surface area contributed by atoms with Crippen molar-refractivity contribution in [2.24, 2.45) is 0 Å². The Morgan fingerprint density at radius 2 is 2.14 bits per heavy atom. The van der Waals surface area contributed by atoms with Crippen LogP contribution in [-0.2, 0) is 14.3 Å². The van der Waals surface area contributed by atoms with Crippen molar-refractivity contribution in [3.05, 3.63) is 29.8 Å². The Bertz CT molecular complexity index is 518. The van der Waals surface area contributed by atoms with Crippen LogP contribution in [0.5, 0.6) is 0 Å². The summed E-state index contributed by atoms with van der Waals surface area (Å²) in [6, 6.07) is 6.50. The molecule has 1 aromatic carbocycles. The number of hydrogen-bond acceptors (Lipinski definition) is 5. The molecule has 2 N–H and O–H groups in total. The zero-order chi connectivity index (χ0) is 15.2. The number of amides is 1. The number of esters is 1. The normalized spacial score (nSPS) is 21.0. The summed E-state index contributed by atoms with van der Waals surface area (Å²) < 4.78 is 10.2. The molecule has 1 amide bonds. The zero-order valence-corrected chi connectivity index (χ0v) is 12.2. The quantitative estimate of drug-likeness (QED) is 0.797. The SMILES string of the molecule is CCOC(=O)c1ccccc1NC(=O)C1CC(OC)CN1. The van der Waals surface area contributed by atoms with E-state index < -0.39 is 5.97 Å². The minimum absolute atomic E-state index is 0.0426. The number of para-hydroxylation sites is 1. The van der Waals surface area contributed by atoms with Crippen LogP contribution in [0.1, 0.15) is 23.7 Å². The summed E-state index contributed by atoms with van der Waals surface area (Å²) in [4.78, 5) is 24.1. The number of nitrogens with one attached hydrogen (secondary N) is 2. The Balaban J connectivity index is 2.06. The summed E-state index contributed by atoms with van der Waals surface area (Å²) in [7, 11) is 1.63. The van der Waals surface area contributed by atoms with Gasteiger partial charge in [0.2, 0.25) is 5.91 Å². The molecule has 0 radical (unpaired) electrons. The molecule has 1 saturated heterocycles. The molecule has 2 rings (SSSR count). The highest BCUT2D eigenvalue weighted by Gasteiger charge is 2.29. The van der Waals surface area contributed by atoms with Gasteiger partial charge in [0, 0.05) is 13.7 Å². The maximum atomic E-state index is 12.2. The molecule has 21 heavy (non-hydrogen) atoms. The lowest BCUT2D eigenvalue weighted by Crippen LogP contribution is -2.35. The fraction of sp³-hybridized carbons (Fsp3) is 0.467. The van der Waals surface area contributed by atoms with Crippen molar-refractivity contribution in [3.63, 3.8) is 0 Å². The molecule has 1 aromatic rings. The molecule has 1 heterocycles. The molecule has 0 spiro atoms. The van der Waals surface area contributed by atoms with Gasteiger partial charge >= 0.3 is 5.97 Å². The average Bonchev–Trinajstić information content (AvgIpc) is 2.97. The zero-order valence-electron chi connectivity index (χ0n) is 12.2. The van der Waals surface area contributed by atoms with E-state index in [0.717, 1.165) is 0 Å². The van der Waals surface area contributed by atoms with Gasteiger partial charge in [-0.25, -0.2) is 4.79 Å². The van der Waals surface area contributed by atoms with Crippen molar-refractivity contribution in [1.29, 1.82) is 0 Å². The second kappa shape index (κ2) is 7.19. The van der Waals surface area contributed by atoms with E-state index in [4.69, 9.17) is 9.47 Å². The Hall–Kier alpha value is -1.92. The second-order valence-electron chi connectivity index (χ2n) is 4.81. The number of rotatable bonds is 5. The molecular weight excluding hydrogens is 272 g/mol. The fourth-order valence-electron chi connectivity index (χ4n) is 2.28. The lowest BCUT2D eigenvalue weighted by molar-refractivity contribution is -0.118. The molecular formula is C15H20N2O4. The first-order chi connectivity index (χ1) is 10.2. The highest BCUT2D eigenvalue weighted by atomic mass is 16.5. The van der Waals surface area contributed by atoms with Gasteiger partial charge in [-0.1, -0.05) is 12.1 Å². The third-order valence-electron chi connectivity index (χ3n) is 3.42. The first-order valence-electron chi connectivity index (χ1n) is 6.99. The molecule has 6 heteroatoms. The van der Waals surface area contributed by atoms with Crippen LogP contribution in [0.3, 0.4) is 0 Å². The van der Waals surface area contributed by atoms with Crippen LogP contribution >= 0.6 is 0 Å². The Kier molecular flexibility index (Phi) is 5.30. The van der Waals surface area contributed by atoms with Gasteiger partial charge in [-0.15, -0.1) is 0 Å². The second-order valence-corrected chi connectivity index (χ2v) is 4.81. The largest absolute Gasteiger partial charge is 0.462 e. The topological polar surface area (TPSA) is 76.7 Å². The van der Waals surface area contributed by atoms with Gasteiger partial charge < -0.3 is 20.1 Å². The van der Waals surface area contributed by atoms with Gasteiger partial charge in [0.05, 0.1) is 30.0 Å². The predicted octanol–water partition coefficient (Wildman–Crippen LogP) is 1.18. The molecule has 1 fully saturated rings. The van der Waals surface area contributed by atoms with E-state index in [1.54, 1.807) is 38.3 Å². The molecule has 0 saturated carbocycles. The molecule has 0 aromatic heterocycles. The summed E-state index contributed by atoms with van der Waals surface area (Å²) >= 11 is 0. The molecule has 2 unspecified atom stereocenters. The summed E-state index contributed by atoms with van der Waals surface area (Å²) in [6.07, 6.45) is 0.658. The minimum atomic E-state index is -0.442. The maximum Gasteiger partial charge on any atom is 0.340 e. The monoisotopic (exact) mass is 292 g/mol. The predicted molar refractivity (Wildman–Crippen MR) is 78.2 cm³/mol. The number of hydrogen-bond donors (Lipinski definition) is 2. The van der Waals surface area contributed by atoms with Crippen molar-refractivity contribution in [1.82, 2.24) is 5.32 Å². The maximum absolute atomic E-state index is 12.2. The molecule has 0 aliphatic carbocycles. The van der Waals surface area contributed by atoms with E-state index in [1.807, 2.05) is 0 Å². The number of benzene rings is 1. The van der Waals surface area contributed by atoms with Crippen LogP contribution < -0.4 is 10.6 Å². The Morgan fingerprint density at radius 3 is 2.81 bits per heavy atom. The smallest absolute Gasteiger partial charge is 0.340 e. The summed E-state index contributed by atoms with van der Waals surface area (Å²) in [6.45, 7) is 2.68.